The number of carbonyl (C=O) groups excluding carboxylic acids is 1. The van der Waals surface area contributed by atoms with Gasteiger partial charge >= 0.3 is 6.01 Å². The lowest BCUT2D eigenvalue weighted by atomic mass is 10.1. The minimum Gasteiger partial charge on any atom is -0.424 e. The number of hydrogen-bond donors (Lipinski definition) is 1. The lowest BCUT2D eigenvalue weighted by Gasteiger charge is -2.08. The zero-order valence-corrected chi connectivity index (χ0v) is 15.9. The maximum Gasteiger partial charge on any atom is 0.321 e. The van der Waals surface area contributed by atoms with Crippen LogP contribution in [-0.2, 0) is 0 Å². The Labute approximate surface area is 169 Å². The molecular weight excluding hydrogens is 362 g/mol. The van der Waals surface area contributed by atoms with Crippen molar-refractivity contribution in [2.24, 2.45) is 0 Å². The Morgan fingerprint density at radius 2 is 1.59 bits per heavy atom. The minimum atomic E-state index is -0.164. The zero-order chi connectivity index (χ0) is 20.1. The molecule has 0 saturated heterocycles. The molecule has 1 aromatic heterocycles. The summed E-state index contributed by atoms with van der Waals surface area (Å²) in [6, 6.07) is 24.7. The quantitative estimate of drug-likeness (QED) is 0.496. The van der Waals surface area contributed by atoms with Gasteiger partial charge in [-0.25, -0.2) is 9.97 Å². The van der Waals surface area contributed by atoms with Crippen LogP contribution in [0.15, 0.2) is 91.3 Å². The number of anilines is 1. The van der Waals surface area contributed by atoms with Gasteiger partial charge in [0.25, 0.3) is 5.91 Å². The molecule has 142 valence electrons. The fourth-order valence-corrected chi connectivity index (χ4v) is 2.88. The molecule has 0 spiro atoms. The summed E-state index contributed by atoms with van der Waals surface area (Å²) in [4.78, 5) is 21.1. The largest absolute Gasteiger partial charge is 0.424 e. The molecule has 0 aliphatic rings. The van der Waals surface area contributed by atoms with Crippen LogP contribution in [0.25, 0.3) is 11.1 Å². The molecule has 0 aliphatic heterocycles. The van der Waals surface area contributed by atoms with Gasteiger partial charge in [0.15, 0.2) is 0 Å². The van der Waals surface area contributed by atoms with Gasteiger partial charge < -0.3 is 10.1 Å². The van der Waals surface area contributed by atoms with Gasteiger partial charge in [-0.05, 0) is 54.4 Å². The molecule has 1 amide bonds. The molecular formula is C24H19N3O2. The Bertz CT molecular complexity index is 1130. The van der Waals surface area contributed by atoms with E-state index in [9.17, 15) is 4.79 Å². The first-order chi connectivity index (χ1) is 14.2. The maximum absolute atomic E-state index is 12.6. The summed E-state index contributed by atoms with van der Waals surface area (Å²) in [6.07, 6.45) is 3.37. The van der Waals surface area contributed by atoms with Gasteiger partial charge in [0.1, 0.15) is 5.75 Å². The summed E-state index contributed by atoms with van der Waals surface area (Å²) in [5, 5.41) is 2.92. The van der Waals surface area contributed by atoms with Crippen LogP contribution in [-0.4, -0.2) is 15.9 Å². The number of carbonyl (C=O) groups is 1. The van der Waals surface area contributed by atoms with Crippen LogP contribution in [0.3, 0.4) is 0 Å². The Balaban J connectivity index is 1.50. The average Bonchev–Trinajstić information content (AvgIpc) is 2.75. The number of nitrogens with zero attached hydrogens (tertiary/aromatic N) is 2. The van der Waals surface area contributed by atoms with Gasteiger partial charge in [0.05, 0.1) is 0 Å². The van der Waals surface area contributed by atoms with Crippen molar-refractivity contribution in [1.82, 2.24) is 9.97 Å². The number of benzene rings is 3. The highest BCUT2D eigenvalue weighted by atomic mass is 16.5. The van der Waals surface area contributed by atoms with E-state index < -0.39 is 0 Å². The van der Waals surface area contributed by atoms with E-state index in [0.717, 1.165) is 22.4 Å². The fraction of sp³-hybridized carbons (Fsp3) is 0.0417. The van der Waals surface area contributed by atoms with Crippen LogP contribution in [0, 0.1) is 6.92 Å². The topological polar surface area (TPSA) is 64.1 Å². The Kier molecular flexibility index (Phi) is 5.29. The molecule has 5 heteroatoms. The number of ether oxygens (including phenoxy) is 1. The number of hydrogen-bond acceptors (Lipinski definition) is 4. The Morgan fingerprint density at radius 3 is 2.34 bits per heavy atom. The first kappa shape index (κ1) is 18.4. The maximum atomic E-state index is 12.6. The van der Waals surface area contributed by atoms with E-state index in [-0.39, 0.29) is 11.9 Å². The highest BCUT2D eigenvalue weighted by Gasteiger charge is 2.09. The van der Waals surface area contributed by atoms with Crippen LogP contribution in [0.2, 0.25) is 0 Å². The number of para-hydroxylation sites is 1. The van der Waals surface area contributed by atoms with Crippen molar-refractivity contribution in [2.45, 2.75) is 6.92 Å². The van der Waals surface area contributed by atoms with Gasteiger partial charge in [0, 0.05) is 29.2 Å². The van der Waals surface area contributed by atoms with E-state index in [2.05, 4.69) is 15.3 Å². The predicted octanol–water partition coefficient (Wildman–Crippen LogP) is 5.50. The summed E-state index contributed by atoms with van der Waals surface area (Å²) in [7, 11) is 0. The van der Waals surface area contributed by atoms with Gasteiger partial charge in [0.2, 0.25) is 0 Å². The number of rotatable bonds is 5. The second-order valence-electron chi connectivity index (χ2n) is 6.57. The molecule has 0 radical (unpaired) electrons. The molecule has 3 aromatic carbocycles. The first-order valence-electron chi connectivity index (χ1n) is 9.21. The molecule has 4 rings (SSSR count). The van der Waals surface area contributed by atoms with Crippen molar-refractivity contribution in [3.05, 3.63) is 102 Å². The third-order valence-electron chi connectivity index (χ3n) is 4.31. The molecule has 0 saturated carbocycles. The fourth-order valence-electron chi connectivity index (χ4n) is 2.88. The summed E-state index contributed by atoms with van der Waals surface area (Å²) < 4.78 is 5.62. The molecule has 1 N–H and O–H groups in total. The van der Waals surface area contributed by atoms with E-state index in [1.165, 1.54) is 0 Å². The van der Waals surface area contributed by atoms with Crippen molar-refractivity contribution < 1.29 is 9.53 Å². The normalized spacial score (nSPS) is 10.4. The lowest BCUT2D eigenvalue weighted by molar-refractivity contribution is 0.102. The minimum absolute atomic E-state index is 0.164. The van der Waals surface area contributed by atoms with Gasteiger partial charge in [-0.2, -0.15) is 0 Å². The van der Waals surface area contributed by atoms with Gasteiger partial charge in [-0.1, -0.05) is 42.5 Å². The van der Waals surface area contributed by atoms with Gasteiger partial charge in [-0.15, -0.1) is 0 Å². The smallest absolute Gasteiger partial charge is 0.321 e. The summed E-state index contributed by atoms with van der Waals surface area (Å²) in [5.41, 5.74) is 4.08. The summed E-state index contributed by atoms with van der Waals surface area (Å²) >= 11 is 0. The third-order valence-corrected chi connectivity index (χ3v) is 4.31. The summed E-state index contributed by atoms with van der Waals surface area (Å²) in [5.74, 6) is 0.512. The second-order valence-corrected chi connectivity index (χ2v) is 6.57. The van der Waals surface area contributed by atoms with Crippen molar-refractivity contribution in [3.8, 4) is 22.9 Å². The van der Waals surface area contributed by atoms with Crippen molar-refractivity contribution >= 4 is 11.6 Å². The van der Waals surface area contributed by atoms with Crippen LogP contribution in [0.1, 0.15) is 15.9 Å². The molecule has 1 heterocycles. The molecule has 0 fully saturated rings. The highest BCUT2D eigenvalue weighted by Crippen LogP contribution is 2.22. The number of aryl methyl sites for hydroxylation is 1. The lowest BCUT2D eigenvalue weighted by Crippen LogP contribution is -2.11. The summed E-state index contributed by atoms with van der Waals surface area (Å²) in [6.45, 7) is 1.99. The predicted molar refractivity (Wildman–Crippen MR) is 113 cm³/mol. The van der Waals surface area contributed by atoms with E-state index in [0.29, 0.717) is 11.3 Å². The van der Waals surface area contributed by atoms with Crippen LogP contribution in [0.4, 0.5) is 5.69 Å². The van der Waals surface area contributed by atoms with Crippen molar-refractivity contribution in [2.75, 3.05) is 5.32 Å². The molecule has 29 heavy (non-hydrogen) atoms. The Morgan fingerprint density at radius 1 is 0.828 bits per heavy atom. The standard InChI is InChI=1S/C24H19N3O2/c1-17-7-5-10-21(13-17)27-23(28)19-9-6-8-18(14-19)20-15-25-24(26-16-20)29-22-11-3-2-4-12-22/h2-16H,1H3,(H,27,28). The first-order valence-corrected chi connectivity index (χ1v) is 9.21. The molecule has 0 aliphatic carbocycles. The third kappa shape index (κ3) is 4.65. The molecule has 0 bridgehead atoms. The van der Waals surface area contributed by atoms with Crippen LogP contribution in [0.5, 0.6) is 11.8 Å². The highest BCUT2D eigenvalue weighted by molar-refractivity contribution is 6.05. The molecule has 0 atom stereocenters. The van der Waals surface area contributed by atoms with E-state index in [4.69, 9.17) is 4.74 Å². The Hall–Kier alpha value is -3.99. The van der Waals surface area contributed by atoms with Crippen LogP contribution >= 0.6 is 0 Å². The van der Waals surface area contributed by atoms with Gasteiger partial charge in [-0.3, -0.25) is 4.79 Å². The van der Waals surface area contributed by atoms with E-state index in [1.807, 2.05) is 79.7 Å². The average molecular weight is 381 g/mol. The van der Waals surface area contributed by atoms with Crippen LogP contribution < -0.4 is 10.1 Å². The van der Waals surface area contributed by atoms with E-state index >= 15 is 0 Å². The number of aromatic nitrogens is 2. The number of nitrogens with one attached hydrogen (secondary N) is 1. The molecule has 4 aromatic rings. The molecule has 0 unspecified atom stereocenters. The second kappa shape index (κ2) is 8.35. The monoisotopic (exact) mass is 381 g/mol. The SMILES string of the molecule is Cc1cccc(NC(=O)c2cccc(-c3cnc(Oc4ccccc4)nc3)c2)c1. The van der Waals surface area contributed by atoms with Crippen molar-refractivity contribution in [1.29, 1.82) is 0 Å². The molecule has 5 nitrogen and oxygen atoms in total. The van der Waals surface area contributed by atoms with Crippen molar-refractivity contribution in [3.63, 3.8) is 0 Å². The zero-order valence-electron chi connectivity index (χ0n) is 15.9. The number of amides is 1. The van der Waals surface area contributed by atoms with E-state index in [1.54, 1.807) is 18.5 Å².